The highest BCUT2D eigenvalue weighted by atomic mass is 35.5. The fraction of sp³-hybridized carbons (Fsp3) is 0.167. The Morgan fingerprint density at radius 1 is 1.06 bits per heavy atom. The molecule has 8 heteroatoms. The third-order valence-electron chi connectivity index (χ3n) is 4.50. The van der Waals surface area contributed by atoms with Gasteiger partial charge in [-0.3, -0.25) is 4.79 Å². The molecule has 0 spiro atoms. The molecular weight excluding hydrogens is 450 g/mol. The van der Waals surface area contributed by atoms with Crippen molar-refractivity contribution >= 4 is 45.9 Å². The van der Waals surface area contributed by atoms with Crippen LogP contribution in [0.25, 0.3) is 17.2 Å². The van der Waals surface area contributed by atoms with Gasteiger partial charge in [-0.1, -0.05) is 29.8 Å². The number of benzene rings is 2. The summed E-state index contributed by atoms with van der Waals surface area (Å²) in [5.41, 5.74) is 2.48. The molecule has 0 aliphatic rings. The van der Waals surface area contributed by atoms with Crippen LogP contribution in [0.4, 0.5) is 5.00 Å². The average Bonchev–Trinajstić information content (AvgIpc) is 3.21. The number of hydrogen-bond donors (Lipinski definition) is 1. The SMILES string of the molecule is CCOC(=O)c1c(-c2ccc(OC)c(OC)c2)csc1NC(=O)C=Cc1ccc(Cl)cc1. The molecule has 1 heterocycles. The van der Waals surface area contributed by atoms with Gasteiger partial charge in [0.15, 0.2) is 11.5 Å². The molecule has 3 aromatic rings. The minimum atomic E-state index is -0.518. The van der Waals surface area contributed by atoms with Crippen LogP contribution in [0.1, 0.15) is 22.8 Å². The zero-order valence-corrected chi connectivity index (χ0v) is 19.4. The number of methoxy groups -OCH3 is 2. The Morgan fingerprint density at radius 2 is 1.78 bits per heavy atom. The summed E-state index contributed by atoms with van der Waals surface area (Å²) in [6.45, 7) is 1.94. The van der Waals surface area contributed by atoms with Crippen molar-refractivity contribution in [3.05, 3.63) is 70.1 Å². The van der Waals surface area contributed by atoms with E-state index in [1.54, 1.807) is 69.0 Å². The first-order valence-corrected chi connectivity index (χ1v) is 11.0. The van der Waals surface area contributed by atoms with Gasteiger partial charge in [0, 0.05) is 22.0 Å². The Balaban J connectivity index is 1.91. The summed E-state index contributed by atoms with van der Waals surface area (Å²) >= 11 is 7.13. The number of carbonyl (C=O) groups is 2. The first kappa shape index (κ1) is 23.4. The zero-order valence-electron chi connectivity index (χ0n) is 17.8. The van der Waals surface area contributed by atoms with Crippen LogP contribution >= 0.6 is 22.9 Å². The van der Waals surface area contributed by atoms with Gasteiger partial charge in [-0.15, -0.1) is 11.3 Å². The first-order valence-electron chi connectivity index (χ1n) is 9.72. The van der Waals surface area contributed by atoms with Gasteiger partial charge in [0.2, 0.25) is 5.91 Å². The highest BCUT2D eigenvalue weighted by Crippen LogP contribution is 2.39. The molecule has 0 bridgehead atoms. The lowest BCUT2D eigenvalue weighted by Gasteiger charge is -2.11. The van der Waals surface area contributed by atoms with Crippen molar-refractivity contribution in [2.75, 3.05) is 26.1 Å². The molecule has 0 unspecified atom stereocenters. The van der Waals surface area contributed by atoms with Crippen LogP contribution < -0.4 is 14.8 Å². The number of nitrogens with one attached hydrogen (secondary N) is 1. The Hall–Kier alpha value is -3.29. The number of thiophene rings is 1. The lowest BCUT2D eigenvalue weighted by molar-refractivity contribution is -0.111. The molecule has 0 radical (unpaired) electrons. The zero-order chi connectivity index (χ0) is 23.1. The summed E-state index contributed by atoms with van der Waals surface area (Å²) in [5, 5.41) is 5.60. The van der Waals surface area contributed by atoms with Gasteiger partial charge in [0.25, 0.3) is 0 Å². The Labute approximate surface area is 195 Å². The molecule has 0 saturated heterocycles. The topological polar surface area (TPSA) is 73.9 Å². The molecule has 0 saturated carbocycles. The van der Waals surface area contributed by atoms with Gasteiger partial charge in [-0.05, 0) is 48.4 Å². The number of amides is 1. The molecule has 2 aromatic carbocycles. The van der Waals surface area contributed by atoms with Crippen LogP contribution in [0.2, 0.25) is 5.02 Å². The van der Waals surface area contributed by atoms with Crippen molar-refractivity contribution in [2.24, 2.45) is 0 Å². The normalized spacial score (nSPS) is 10.8. The molecular formula is C24H22ClNO5S. The highest BCUT2D eigenvalue weighted by molar-refractivity contribution is 7.15. The van der Waals surface area contributed by atoms with Gasteiger partial charge in [-0.25, -0.2) is 4.79 Å². The summed E-state index contributed by atoms with van der Waals surface area (Å²) in [4.78, 5) is 25.2. The van der Waals surface area contributed by atoms with Crippen LogP contribution in [0, 0.1) is 0 Å². The number of ether oxygens (including phenoxy) is 3. The second-order valence-electron chi connectivity index (χ2n) is 6.52. The average molecular weight is 472 g/mol. The van der Waals surface area contributed by atoms with E-state index in [0.717, 1.165) is 11.1 Å². The van der Waals surface area contributed by atoms with Crippen LogP contribution in [0.15, 0.2) is 53.9 Å². The Kier molecular flexibility index (Phi) is 7.92. The quantitative estimate of drug-likeness (QED) is 0.326. The largest absolute Gasteiger partial charge is 0.493 e. The molecule has 1 amide bonds. The minimum absolute atomic E-state index is 0.212. The molecule has 1 aromatic heterocycles. The van der Waals surface area contributed by atoms with E-state index in [1.165, 1.54) is 17.4 Å². The number of rotatable bonds is 8. The third kappa shape index (κ3) is 5.49. The maximum absolute atomic E-state index is 12.7. The van der Waals surface area contributed by atoms with Gasteiger partial charge < -0.3 is 19.5 Å². The van der Waals surface area contributed by atoms with Crippen molar-refractivity contribution in [3.63, 3.8) is 0 Å². The fourth-order valence-electron chi connectivity index (χ4n) is 2.97. The second-order valence-corrected chi connectivity index (χ2v) is 7.83. The molecule has 6 nitrogen and oxygen atoms in total. The van der Waals surface area contributed by atoms with Crippen LogP contribution in [0.3, 0.4) is 0 Å². The van der Waals surface area contributed by atoms with Crippen molar-refractivity contribution in [1.82, 2.24) is 0 Å². The lowest BCUT2D eigenvalue weighted by Crippen LogP contribution is -2.12. The molecule has 0 atom stereocenters. The molecule has 0 aliphatic heterocycles. The van der Waals surface area contributed by atoms with Crippen molar-refractivity contribution < 1.29 is 23.8 Å². The monoisotopic (exact) mass is 471 g/mol. The molecule has 0 fully saturated rings. The maximum Gasteiger partial charge on any atom is 0.341 e. The highest BCUT2D eigenvalue weighted by Gasteiger charge is 2.23. The first-order chi connectivity index (χ1) is 15.5. The van der Waals surface area contributed by atoms with Gasteiger partial charge >= 0.3 is 5.97 Å². The molecule has 166 valence electrons. The predicted octanol–water partition coefficient (Wildman–Crippen LogP) is 5.91. The van der Waals surface area contributed by atoms with Crippen molar-refractivity contribution in [1.29, 1.82) is 0 Å². The Morgan fingerprint density at radius 3 is 2.44 bits per heavy atom. The minimum Gasteiger partial charge on any atom is -0.493 e. The van der Waals surface area contributed by atoms with E-state index >= 15 is 0 Å². The van der Waals surface area contributed by atoms with Gasteiger partial charge in [-0.2, -0.15) is 0 Å². The van der Waals surface area contributed by atoms with Crippen molar-refractivity contribution in [2.45, 2.75) is 6.92 Å². The van der Waals surface area contributed by atoms with E-state index in [-0.39, 0.29) is 18.1 Å². The van der Waals surface area contributed by atoms with E-state index in [0.29, 0.717) is 27.1 Å². The summed E-state index contributed by atoms with van der Waals surface area (Å²) in [7, 11) is 3.09. The summed E-state index contributed by atoms with van der Waals surface area (Å²) in [5.74, 6) is 0.217. The molecule has 3 rings (SSSR count). The molecule has 1 N–H and O–H groups in total. The van der Waals surface area contributed by atoms with Crippen LogP contribution in [0.5, 0.6) is 11.5 Å². The van der Waals surface area contributed by atoms with Crippen molar-refractivity contribution in [3.8, 4) is 22.6 Å². The maximum atomic E-state index is 12.7. The van der Waals surface area contributed by atoms with Crippen LogP contribution in [-0.2, 0) is 9.53 Å². The number of halogens is 1. The predicted molar refractivity (Wildman–Crippen MR) is 128 cm³/mol. The third-order valence-corrected chi connectivity index (χ3v) is 5.65. The smallest absolute Gasteiger partial charge is 0.341 e. The fourth-order valence-corrected chi connectivity index (χ4v) is 4.06. The summed E-state index contributed by atoms with van der Waals surface area (Å²) in [6.07, 6.45) is 3.06. The molecule has 0 aliphatic carbocycles. The van der Waals surface area contributed by atoms with Gasteiger partial charge in [0.05, 0.1) is 20.8 Å². The number of anilines is 1. The van der Waals surface area contributed by atoms with E-state index in [4.69, 9.17) is 25.8 Å². The van der Waals surface area contributed by atoms with E-state index in [1.807, 2.05) is 6.07 Å². The van der Waals surface area contributed by atoms with Crippen LogP contribution in [-0.4, -0.2) is 32.7 Å². The number of carbonyl (C=O) groups excluding carboxylic acids is 2. The summed E-state index contributed by atoms with van der Waals surface area (Å²) in [6, 6.07) is 12.4. The van der Waals surface area contributed by atoms with Gasteiger partial charge in [0.1, 0.15) is 10.6 Å². The Bertz CT molecular complexity index is 1140. The second kappa shape index (κ2) is 10.8. The summed E-state index contributed by atoms with van der Waals surface area (Å²) < 4.78 is 15.9. The standard InChI is InChI=1S/C24H22ClNO5S/c1-4-31-24(28)22-18(16-8-11-19(29-2)20(13-16)30-3)14-32-23(22)26-21(27)12-7-15-5-9-17(25)10-6-15/h5-14H,4H2,1-3H3,(H,26,27). The van der Waals surface area contributed by atoms with E-state index in [9.17, 15) is 9.59 Å². The van der Waals surface area contributed by atoms with E-state index < -0.39 is 5.97 Å². The number of hydrogen-bond acceptors (Lipinski definition) is 6. The lowest BCUT2D eigenvalue weighted by atomic mass is 10.0. The molecule has 32 heavy (non-hydrogen) atoms. The number of esters is 1. The van der Waals surface area contributed by atoms with E-state index in [2.05, 4.69) is 5.32 Å².